The largest absolute Gasteiger partial charge is 0.396 e. The van der Waals surface area contributed by atoms with Crippen molar-refractivity contribution in [2.24, 2.45) is 5.92 Å². The van der Waals surface area contributed by atoms with Crippen LogP contribution < -0.4 is 0 Å². The average molecular weight is 218 g/mol. The molecule has 0 radical (unpaired) electrons. The van der Waals surface area contributed by atoms with E-state index in [1.165, 1.54) is 0 Å². The molecular weight excluding hydrogens is 196 g/mol. The Bertz CT molecular complexity index is 161. The van der Waals surface area contributed by atoms with E-state index in [0.717, 1.165) is 0 Å². The molecule has 0 heterocycles. The van der Waals surface area contributed by atoms with Crippen LogP contribution in [0.5, 0.6) is 0 Å². The number of hydrogen-bond donors (Lipinski definition) is 3. The van der Waals surface area contributed by atoms with Crippen molar-refractivity contribution < 1.29 is 20.1 Å². The minimum Gasteiger partial charge on any atom is -0.396 e. The van der Waals surface area contributed by atoms with Crippen LogP contribution in [-0.4, -0.2) is 47.3 Å². The monoisotopic (exact) mass is 218 g/mol. The lowest BCUT2D eigenvalue weighted by Gasteiger charge is -2.20. The second kappa shape index (κ2) is 8.85. The molecule has 0 aromatic rings. The maximum atomic E-state index is 9.72. The molecule has 4 nitrogen and oxygen atoms in total. The van der Waals surface area contributed by atoms with Crippen molar-refractivity contribution >= 4 is 0 Å². The van der Waals surface area contributed by atoms with E-state index in [1.807, 2.05) is 0 Å². The molecule has 0 aliphatic rings. The highest BCUT2D eigenvalue weighted by atomic mass is 16.5. The Morgan fingerprint density at radius 1 is 1.40 bits per heavy atom. The van der Waals surface area contributed by atoms with Crippen molar-refractivity contribution in [3.8, 4) is 0 Å². The summed E-state index contributed by atoms with van der Waals surface area (Å²) in [4.78, 5) is 0. The van der Waals surface area contributed by atoms with Crippen LogP contribution in [0, 0.1) is 5.92 Å². The Morgan fingerprint density at radius 3 is 2.53 bits per heavy atom. The molecule has 15 heavy (non-hydrogen) atoms. The molecule has 0 amide bonds. The van der Waals surface area contributed by atoms with E-state index in [9.17, 15) is 5.11 Å². The summed E-state index contributed by atoms with van der Waals surface area (Å²) in [6, 6.07) is 0. The van der Waals surface area contributed by atoms with Gasteiger partial charge in [-0.25, -0.2) is 0 Å². The van der Waals surface area contributed by atoms with Crippen LogP contribution in [-0.2, 0) is 4.74 Å². The molecule has 0 rings (SSSR count). The van der Waals surface area contributed by atoms with Gasteiger partial charge in [0.2, 0.25) is 0 Å². The van der Waals surface area contributed by atoms with E-state index in [1.54, 1.807) is 13.0 Å². The molecule has 0 aromatic carbocycles. The summed E-state index contributed by atoms with van der Waals surface area (Å²) in [6.07, 6.45) is 2.13. The lowest BCUT2D eigenvalue weighted by Crippen LogP contribution is -2.28. The van der Waals surface area contributed by atoms with E-state index < -0.39 is 6.10 Å². The van der Waals surface area contributed by atoms with Crippen LogP contribution in [0.15, 0.2) is 12.7 Å². The van der Waals surface area contributed by atoms with E-state index in [4.69, 9.17) is 14.9 Å². The van der Waals surface area contributed by atoms with Crippen LogP contribution in [0.25, 0.3) is 0 Å². The van der Waals surface area contributed by atoms with Crippen LogP contribution in [0.4, 0.5) is 0 Å². The third-order valence-electron chi connectivity index (χ3n) is 2.30. The molecule has 0 fully saturated rings. The van der Waals surface area contributed by atoms with Gasteiger partial charge >= 0.3 is 0 Å². The normalized spacial score (nSPS) is 17.1. The number of ether oxygens (including phenoxy) is 1. The van der Waals surface area contributed by atoms with Gasteiger partial charge in [-0.05, 0) is 19.8 Å². The number of aliphatic hydroxyl groups excluding tert-OH is 3. The van der Waals surface area contributed by atoms with Crippen molar-refractivity contribution in [1.29, 1.82) is 0 Å². The summed E-state index contributed by atoms with van der Waals surface area (Å²) >= 11 is 0. The van der Waals surface area contributed by atoms with Crippen LogP contribution in [0.2, 0.25) is 0 Å². The second-order valence-electron chi connectivity index (χ2n) is 3.66. The molecule has 0 aliphatic heterocycles. The Hall–Kier alpha value is -0.420. The van der Waals surface area contributed by atoms with Gasteiger partial charge in [0.25, 0.3) is 0 Å². The first-order valence-corrected chi connectivity index (χ1v) is 5.29. The molecule has 0 spiro atoms. The topological polar surface area (TPSA) is 69.9 Å². The first kappa shape index (κ1) is 14.6. The van der Waals surface area contributed by atoms with Gasteiger partial charge in [0.1, 0.15) is 0 Å². The smallest absolute Gasteiger partial charge is 0.0836 e. The molecule has 0 saturated carbocycles. The minimum atomic E-state index is -0.622. The van der Waals surface area contributed by atoms with E-state index in [-0.39, 0.29) is 31.8 Å². The number of rotatable bonds is 9. The molecule has 3 unspecified atom stereocenters. The zero-order chi connectivity index (χ0) is 11.7. The van der Waals surface area contributed by atoms with Crippen molar-refractivity contribution in [3.63, 3.8) is 0 Å². The van der Waals surface area contributed by atoms with Gasteiger partial charge in [-0.1, -0.05) is 6.08 Å². The highest BCUT2D eigenvalue weighted by Crippen LogP contribution is 2.13. The Kier molecular flexibility index (Phi) is 8.61. The molecule has 3 N–H and O–H groups in total. The first-order valence-electron chi connectivity index (χ1n) is 5.29. The van der Waals surface area contributed by atoms with E-state index in [0.29, 0.717) is 12.8 Å². The summed E-state index contributed by atoms with van der Waals surface area (Å²) in [5, 5.41) is 27.1. The molecule has 0 aliphatic carbocycles. The highest BCUT2D eigenvalue weighted by molar-refractivity contribution is 4.84. The first-order chi connectivity index (χ1) is 7.15. The van der Waals surface area contributed by atoms with Gasteiger partial charge in [-0.15, -0.1) is 6.58 Å². The van der Waals surface area contributed by atoms with E-state index in [2.05, 4.69) is 6.58 Å². The minimum absolute atomic E-state index is 0.0535. The molecule has 90 valence electrons. The Balaban J connectivity index is 3.82. The maximum Gasteiger partial charge on any atom is 0.0836 e. The highest BCUT2D eigenvalue weighted by Gasteiger charge is 2.16. The predicted octanol–water partition coefficient (Wildman–Crippen LogP) is 0.319. The van der Waals surface area contributed by atoms with Gasteiger partial charge in [0.15, 0.2) is 0 Å². The van der Waals surface area contributed by atoms with Gasteiger partial charge in [-0.3, -0.25) is 0 Å². The summed E-state index contributed by atoms with van der Waals surface area (Å²) in [5.41, 5.74) is 0. The van der Waals surface area contributed by atoms with Gasteiger partial charge in [0, 0.05) is 12.5 Å². The molecule has 3 atom stereocenters. The number of aliphatic hydroxyl groups is 3. The molecule has 0 saturated heterocycles. The molecule has 0 bridgehead atoms. The second-order valence-corrected chi connectivity index (χ2v) is 3.66. The van der Waals surface area contributed by atoms with Crippen LogP contribution in [0.1, 0.15) is 19.8 Å². The van der Waals surface area contributed by atoms with Crippen LogP contribution in [0.3, 0.4) is 0 Å². The van der Waals surface area contributed by atoms with Crippen LogP contribution >= 0.6 is 0 Å². The van der Waals surface area contributed by atoms with Gasteiger partial charge in [-0.2, -0.15) is 0 Å². The van der Waals surface area contributed by atoms with Crippen molar-refractivity contribution in [3.05, 3.63) is 12.7 Å². The third kappa shape index (κ3) is 6.62. The SMILES string of the molecule is C=CC(CCCO)C(O)COC(C)CO. The number of hydrogen-bond acceptors (Lipinski definition) is 4. The zero-order valence-corrected chi connectivity index (χ0v) is 9.30. The predicted molar refractivity (Wildman–Crippen MR) is 58.5 cm³/mol. The standard InChI is InChI=1S/C11H22O4/c1-3-10(5-4-6-12)11(14)8-15-9(2)7-13/h3,9-14H,1,4-8H2,2H3. The maximum absolute atomic E-state index is 9.72. The summed E-state index contributed by atoms with van der Waals surface area (Å²) in [7, 11) is 0. The molecular formula is C11H22O4. The van der Waals surface area contributed by atoms with E-state index >= 15 is 0 Å². The van der Waals surface area contributed by atoms with Crippen molar-refractivity contribution in [1.82, 2.24) is 0 Å². The fourth-order valence-electron chi connectivity index (χ4n) is 1.23. The summed E-state index contributed by atoms with van der Waals surface area (Å²) < 4.78 is 5.21. The third-order valence-corrected chi connectivity index (χ3v) is 2.30. The summed E-state index contributed by atoms with van der Waals surface area (Å²) in [6.45, 7) is 5.62. The van der Waals surface area contributed by atoms with Gasteiger partial charge in [0.05, 0.1) is 25.4 Å². The molecule has 4 heteroatoms. The zero-order valence-electron chi connectivity index (χ0n) is 9.30. The van der Waals surface area contributed by atoms with Gasteiger partial charge < -0.3 is 20.1 Å². The average Bonchev–Trinajstić information content (AvgIpc) is 2.26. The Labute approximate surface area is 91.2 Å². The molecule has 0 aromatic heterocycles. The fourth-order valence-corrected chi connectivity index (χ4v) is 1.23. The fraction of sp³-hybridized carbons (Fsp3) is 0.818. The van der Waals surface area contributed by atoms with Crippen molar-refractivity contribution in [2.75, 3.05) is 19.8 Å². The Morgan fingerprint density at radius 2 is 2.07 bits per heavy atom. The van der Waals surface area contributed by atoms with Crippen molar-refractivity contribution in [2.45, 2.75) is 32.0 Å². The lowest BCUT2D eigenvalue weighted by atomic mass is 9.97. The quantitative estimate of drug-likeness (QED) is 0.487. The lowest BCUT2D eigenvalue weighted by molar-refractivity contribution is -0.0366. The summed E-state index contributed by atoms with van der Waals surface area (Å²) in [5.74, 6) is -0.0666.